The fourth-order valence-electron chi connectivity index (χ4n) is 3.02. The van der Waals surface area contributed by atoms with Gasteiger partial charge in [-0.15, -0.1) is 12.6 Å². The van der Waals surface area contributed by atoms with Crippen molar-refractivity contribution in [3.05, 3.63) is 89.5 Å². The molecule has 1 heterocycles. The molecule has 0 saturated carbocycles. The third kappa shape index (κ3) is 3.83. The molecule has 1 unspecified atom stereocenters. The second-order valence-corrected chi connectivity index (χ2v) is 6.20. The predicted octanol–water partition coefficient (Wildman–Crippen LogP) is 4.80. The number of halogens is 3. The quantitative estimate of drug-likeness (QED) is 0.649. The lowest BCUT2D eigenvalue weighted by Gasteiger charge is -2.24. The van der Waals surface area contributed by atoms with Crippen LogP contribution in [-0.2, 0) is 12.7 Å². The highest BCUT2D eigenvalue weighted by molar-refractivity contribution is 7.97. The number of hydrogen-bond donors (Lipinski definition) is 1. The van der Waals surface area contributed by atoms with Gasteiger partial charge in [-0.3, -0.25) is 4.79 Å². The molecule has 0 bridgehead atoms. The Kier molecular flexibility index (Phi) is 5.18. The fraction of sp³-hybridized carbons (Fsp3) is 0.158. The fourth-order valence-corrected chi connectivity index (χ4v) is 3.23. The minimum Gasteiger partial charge on any atom is -0.337 e. The van der Waals surface area contributed by atoms with Crippen molar-refractivity contribution in [3.8, 4) is 0 Å². The van der Waals surface area contributed by atoms with Crippen LogP contribution in [0.15, 0.2) is 67.3 Å². The van der Waals surface area contributed by atoms with Crippen LogP contribution < -0.4 is 0 Å². The molecule has 0 aliphatic heterocycles. The molecule has 0 amide bonds. The summed E-state index contributed by atoms with van der Waals surface area (Å²) >= 11 is 3.88. The van der Waals surface area contributed by atoms with Crippen LogP contribution in [0.4, 0.5) is 13.2 Å². The van der Waals surface area contributed by atoms with Crippen LogP contribution in [-0.4, -0.2) is 14.7 Å². The molecule has 0 radical (unpaired) electrons. The normalized spacial score (nSPS) is 12.8. The van der Waals surface area contributed by atoms with Crippen LogP contribution in [0.1, 0.15) is 33.0 Å². The highest BCUT2D eigenvalue weighted by Crippen LogP contribution is 2.39. The Labute approximate surface area is 153 Å². The van der Waals surface area contributed by atoms with E-state index in [1.54, 1.807) is 47.3 Å². The molecule has 3 rings (SSSR count). The molecular weight excluding hydrogens is 361 g/mol. The molecule has 1 aromatic heterocycles. The molecule has 0 saturated heterocycles. The molecule has 7 heteroatoms. The van der Waals surface area contributed by atoms with Crippen LogP contribution in [0, 0.1) is 0 Å². The van der Waals surface area contributed by atoms with Crippen molar-refractivity contribution >= 4 is 17.7 Å². The Morgan fingerprint density at radius 3 is 2.35 bits per heavy atom. The number of carbonyl (C=O) groups is 1. The van der Waals surface area contributed by atoms with E-state index in [9.17, 15) is 18.0 Å². The SMILES string of the molecule is O=C(S)c1ccccc1C(Cn1ccnc1)c1ccccc1C(F)(F)F. The summed E-state index contributed by atoms with van der Waals surface area (Å²) in [6, 6.07) is 12.0. The number of carbonyl (C=O) groups excluding carboxylic acids is 1. The zero-order chi connectivity index (χ0) is 18.7. The minimum absolute atomic E-state index is 0.107. The lowest BCUT2D eigenvalue weighted by Crippen LogP contribution is -2.18. The van der Waals surface area contributed by atoms with Gasteiger partial charge in [0.2, 0.25) is 5.12 Å². The van der Waals surface area contributed by atoms with Crippen molar-refractivity contribution < 1.29 is 18.0 Å². The highest BCUT2D eigenvalue weighted by atomic mass is 32.1. The number of alkyl halides is 3. The molecule has 134 valence electrons. The van der Waals surface area contributed by atoms with E-state index in [-0.39, 0.29) is 17.7 Å². The van der Waals surface area contributed by atoms with Crippen molar-refractivity contribution in [3.63, 3.8) is 0 Å². The molecule has 0 aliphatic rings. The van der Waals surface area contributed by atoms with E-state index in [2.05, 4.69) is 17.6 Å². The lowest BCUT2D eigenvalue weighted by molar-refractivity contribution is -0.138. The van der Waals surface area contributed by atoms with Gasteiger partial charge in [-0.25, -0.2) is 4.98 Å². The van der Waals surface area contributed by atoms with Crippen LogP contribution in [0.25, 0.3) is 0 Å². The van der Waals surface area contributed by atoms with Gasteiger partial charge >= 0.3 is 6.18 Å². The number of rotatable bonds is 5. The van der Waals surface area contributed by atoms with E-state index >= 15 is 0 Å². The van der Waals surface area contributed by atoms with Crippen molar-refractivity contribution in [1.82, 2.24) is 9.55 Å². The second kappa shape index (κ2) is 7.37. The van der Waals surface area contributed by atoms with E-state index in [1.807, 2.05) is 0 Å². The summed E-state index contributed by atoms with van der Waals surface area (Å²) in [5, 5.41) is -0.485. The summed E-state index contributed by atoms with van der Waals surface area (Å²) in [6.07, 6.45) is 0.273. The molecule has 0 aliphatic carbocycles. The molecule has 26 heavy (non-hydrogen) atoms. The summed E-state index contributed by atoms with van der Waals surface area (Å²) < 4.78 is 42.4. The third-order valence-electron chi connectivity index (χ3n) is 4.16. The smallest absolute Gasteiger partial charge is 0.337 e. The van der Waals surface area contributed by atoms with Gasteiger partial charge in [-0.1, -0.05) is 42.5 Å². The number of hydrogen-bond acceptors (Lipinski definition) is 2. The van der Waals surface area contributed by atoms with E-state index in [1.165, 1.54) is 18.5 Å². The third-order valence-corrected chi connectivity index (χ3v) is 4.40. The second-order valence-electron chi connectivity index (χ2n) is 5.79. The van der Waals surface area contributed by atoms with E-state index < -0.39 is 22.8 Å². The first-order valence-corrected chi connectivity index (χ1v) is 8.26. The van der Waals surface area contributed by atoms with Crippen molar-refractivity contribution in [1.29, 1.82) is 0 Å². The zero-order valence-electron chi connectivity index (χ0n) is 13.5. The molecule has 1 atom stereocenters. The summed E-state index contributed by atoms with van der Waals surface area (Å²) in [7, 11) is 0. The van der Waals surface area contributed by atoms with E-state index in [0.717, 1.165) is 6.07 Å². The average molecular weight is 376 g/mol. The number of aromatic nitrogens is 2. The minimum atomic E-state index is -4.50. The van der Waals surface area contributed by atoms with Crippen molar-refractivity contribution in [2.75, 3.05) is 0 Å². The van der Waals surface area contributed by atoms with Crippen LogP contribution in [0.3, 0.4) is 0 Å². The van der Waals surface area contributed by atoms with Crippen molar-refractivity contribution in [2.45, 2.75) is 18.6 Å². The topological polar surface area (TPSA) is 34.9 Å². The summed E-state index contributed by atoms with van der Waals surface area (Å²) in [5.74, 6) is -0.686. The van der Waals surface area contributed by atoms with Gasteiger partial charge in [0.25, 0.3) is 0 Å². The Morgan fingerprint density at radius 1 is 1.08 bits per heavy atom. The van der Waals surface area contributed by atoms with Gasteiger partial charge in [0.1, 0.15) is 0 Å². The molecule has 2 aromatic carbocycles. The molecule has 3 nitrogen and oxygen atoms in total. The Balaban J connectivity index is 2.20. The molecular formula is C19H15F3N2OS. The van der Waals surface area contributed by atoms with Gasteiger partial charge < -0.3 is 4.57 Å². The van der Waals surface area contributed by atoms with Gasteiger partial charge in [-0.2, -0.15) is 13.2 Å². The maximum atomic E-state index is 13.6. The maximum Gasteiger partial charge on any atom is 0.416 e. The van der Waals surface area contributed by atoms with Gasteiger partial charge in [0.05, 0.1) is 11.9 Å². The first-order chi connectivity index (χ1) is 12.4. The molecule has 0 fully saturated rings. The molecule has 0 spiro atoms. The Hall–Kier alpha value is -2.54. The summed E-state index contributed by atoms with van der Waals surface area (Å²) in [6.45, 7) is 0.213. The Bertz CT molecular complexity index is 907. The van der Waals surface area contributed by atoms with E-state index in [4.69, 9.17) is 0 Å². The van der Waals surface area contributed by atoms with Crippen LogP contribution in [0.2, 0.25) is 0 Å². The van der Waals surface area contributed by atoms with Gasteiger partial charge in [0.15, 0.2) is 0 Å². The predicted molar refractivity (Wildman–Crippen MR) is 95.3 cm³/mol. The molecule has 0 N–H and O–H groups in total. The number of imidazole rings is 1. The monoisotopic (exact) mass is 376 g/mol. The first-order valence-electron chi connectivity index (χ1n) is 7.82. The number of thiol groups is 1. The average Bonchev–Trinajstić information content (AvgIpc) is 3.12. The zero-order valence-corrected chi connectivity index (χ0v) is 14.4. The largest absolute Gasteiger partial charge is 0.416 e. The number of nitrogens with zero attached hydrogens (tertiary/aromatic N) is 2. The van der Waals surface area contributed by atoms with Crippen molar-refractivity contribution in [2.24, 2.45) is 0 Å². The summed E-state index contributed by atoms with van der Waals surface area (Å²) in [5.41, 5.74) is 0.179. The lowest BCUT2D eigenvalue weighted by atomic mass is 9.85. The maximum absolute atomic E-state index is 13.6. The standard InChI is InChI=1S/C19H15F3N2OS/c20-19(21,22)17-8-4-3-6-14(17)16(11-24-10-9-23-12-24)13-5-1-2-7-15(13)18(25)26/h1-10,12,16H,11H2,(H,25,26). The molecule has 3 aromatic rings. The Morgan fingerprint density at radius 2 is 1.73 bits per heavy atom. The number of benzene rings is 2. The van der Waals surface area contributed by atoms with E-state index in [0.29, 0.717) is 5.56 Å². The highest BCUT2D eigenvalue weighted by Gasteiger charge is 2.36. The van der Waals surface area contributed by atoms with Gasteiger partial charge in [-0.05, 0) is 17.2 Å². The first kappa shape index (κ1) is 18.3. The van der Waals surface area contributed by atoms with Gasteiger partial charge in [0, 0.05) is 30.4 Å². The summed E-state index contributed by atoms with van der Waals surface area (Å²) in [4.78, 5) is 15.9. The van der Waals surface area contributed by atoms with Crippen LogP contribution >= 0.6 is 12.6 Å². The van der Waals surface area contributed by atoms with Crippen LogP contribution in [0.5, 0.6) is 0 Å².